The molecule has 0 spiro atoms. The van der Waals surface area contributed by atoms with E-state index in [0.717, 1.165) is 12.1 Å². The van der Waals surface area contributed by atoms with Crippen LogP contribution in [0.4, 0.5) is 0 Å². The second-order valence-corrected chi connectivity index (χ2v) is 13.4. The van der Waals surface area contributed by atoms with Crippen molar-refractivity contribution in [3.8, 4) is 0 Å². The Morgan fingerprint density at radius 3 is 1.39 bits per heavy atom. The van der Waals surface area contributed by atoms with Gasteiger partial charge in [-0.3, -0.25) is 0 Å². The molecule has 0 unspecified atom stereocenters. The molecule has 23 heavy (non-hydrogen) atoms. The molecule has 0 aromatic heterocycles. The molecular weight excluding hydrogens is 312 g/mol. The SMILES string of the molecule is CCCN([SiH2]C[SiH2]N(CCC)C1CCCCC1)C1CCCCC1. The average molecular weight is 355 g/mol. The third-order valence-corrected chi connectivity index (χ3v) is 11.4. The number of nitrogens with zero attached hydrogens (tertiary/aromatic N) is 2. The van der Waals surface area contributed by atoms with E-state index < -0.39 is 0 Å². The fourth-order valence-electron chi connectivity index (χ4n) is 4.90. The Bertz CT molecular complexity index is 261. The minimum Gasteiger partial charge on any atom is -0.327 e. The molecule has 0 aliphatic heterocycles. The minimum atomic E-state index is 0.0275. The molecule has 136 valence electrons. The molecule has 0 aromatic carbocycles. The predicted molar refractivity (Wildman–Crippen MR) is 110 cm³/mol. The lowest BCUT2D eigenvalue weighted by Crippen LogP contribution is -2.44. The molecule has 2 fully saturated rings. The number of hydrogen-bond acceptors (Lipinski definition) is 2. The van der Waals surface area contributed by atoms with Crippen molar-refractivity contribution in [3.63, 3.8) is 0 Å². The molecule has 0 heterocycles. The Hall–Kier alpha value is 0.354. The zero-order valence-corrected chi connectivity index (χ0v) is 18.9. The van der Waals surface area contributed by atoms with Gasteiger partial charge < -0.3 is 9.13 Å². The Morgan fingerprint density at radius 2 is 1.04 bits per heavy atom. The van der Waals surface area contributed by atoms with Crippen LogP contribution in [-0.2, 0) is 0 Å². The van der Waals surface area contributed by atoms with E-state index in [1.165, 1.54) is 90.1 Å². The second kappa shape index (κ2) is 11.8. The maximum absolute atomic E-state index is 3.01. The molecule has 0 atom stereocenters. The highest BCUT2D eigenvalue weighted by atomic mass is 28.3. The summed E-state index contributed by atoms with van der Waals surface area (Å²) in [4.78, 5) is 0. The standard InChI is InChI=1S/C19H42N2Si2/c1-3-15-20(18-11-7-5-8-12-18)22-17-23-21(16-4-2)19-13-9-6-10-14-19/h18-19H,3-17,22-23H2,1-2H3. The Balaban J connectivity index is 1.75. The molecule has 0 radical (unpaired) electrons. The molecule has 2 saturated carbocycles. The largest absolute Gasteiger partial charge is 0.327 e. The lowest BCUT2D eigenvalue weighted by molar-refractivity contribution is 0.253. The first-order valence-electron chi connectivity index (χ1n) is 10.8. The maximum atomic E-state index is 3.01. The van der Waals surface area contributed by atoms with Gasteiger partial charge in [0.1, 0.15) is 0 Å². The second-order valence-electron chi connectivity index (χ2n) is 8.01. The van der Waals surface area contributed by atoms with Gasteiger partial charge in [0.2, 0.25) is 0 Å². The normalized spacial score (nSPS) is 22.4. The van der Waals surface area contributed by atoms with Crippen molar-refractivity contribution in [2.24, 2.45) is 0 Å². The Kier molecular flexibility index (Phi) is 10.1. The quantitative estimate of drug-likeness (QED) is 0.553. The van der Waals surface area contributed by atoms with Crippen LogP contribution in [0.2, 0.25) is 5.67 Å². The molecule has 2 aliphatic rings. The highest BCUT2D eigenvalue weighted by molar-refractivity contribution is 6.52. The van der Waals surface area contributed by atoms with E-state index in [-0.39, 0.29) is 19.4 Å². The summed E-state index contributed by atoms with van der Waals surface area (Å²) in [5.41, 5.74) is 1.66. The van der Waals surface area contributed by atoms with E-state index in [2.05, 4.69) is 23.0 Å². The van der Waals surface area contributed by atoms with Gasteiger partial charge in [0.05, 0.1) is 19.4 Å². The van der Waals surface area contributed by atoms with Gasteiger partial charge in [-0.25, -0.2) is 0 Å². The molecule has 2 nitrogen and oxygen atoms in total. The van der Waals surface area contributed by atoms with E-state index in [1.807, 2.05) is 0 Å². The maximum Gasteiger partial charge on any atom is 0.0935 e. The van der Waals surface area contributed by atoms with Gasteiger partial charge in [-0.15, -0.1) is 0 Å². The highest BCUT2D eigenvalue weighted by Crippen LogP contribution is 2.24. The van der Waals surface area contributed by atoms with Crippen LogP contribution in [0.25, 0.3) is 0 Å². The number of rotatable bonds is 10. The summed E-state index contributed by atoms with van der Waals surface area (Å²) in [6, 6.07) is 1.97. The monoisotopic (exact) mass is 354 g/mol. The van der Waals surface area contributed by atoms with Gasteiger partial charge >= 0.3 is 0 Å². The summed E-state index contributed by atoms with van der Waals surface area (Å²) in [6.45, 7) is 7.57. The van der Waals surface area contributed by atoms with Crippen LogP contribution in [-0.4, -0.2) is 53.7 Å². The first-order chi connectivity index (χ1) is 11.3. The van der Waals surface area contributed by atoms with E-state index >= 15 is 0 Å². The topological polar surface area (TPSA) is 6.48 Å². The lowest BCUT2D eigenvalue weighted by atomic mass is 9.95. The molecule has 2 aliphatic carbocycles. The van der Waals surface area contributed by atoms with E-state index in [4.69, 9.17) is 0 Å². The molecule has 0 bridgehead atoms. The summed E-state index contributed by atoms with van der Waals surface area (Å²) >= 11 is 0. The Morgan fingerprint density at radius 1 is 0.652 bits per heavy atom. The first kappa shape index (κ1) is 19.7. The third kappa shape index (κ3) is 7.01. The predicted octanol–water partition coefficient (Wildman–Crippen LogP) is 3.62. The molecule has 0 aromatic rings. The van der Waals surface area contributed by atoms with Crippen molar-refractivity contribution in [2.45, 2.75) is 109 Å². The van der Waals surface area contributed by atoms with Crippen molar-refractivity contribution in [1.82, 2.24) is 9.13 Å². The van der Waals surface area contributed by atoms with Crippen LogP contribution in [0.5, 0.6) is 0 Å². The zero-order chi connectivity index (χ0) is 16.3. The van der Waals surface area contributed by atoms with Crippen molar-refractivity contribution in [3.05, 3.63) is 0 Å². The van der Waals surface area contributed by atoms with Crippen molar-refractivity contribution < 1.29 is 0 Å². The van der Waals surface area contributed by atoms with Crippen LogP contribution in [0.3, 0.4) is 0 Å². The minimum absolute atomic E-state index is 0.0275. The summed E-state index contributed by atoms with van der Waals surface area (Å²) < 4.78 is 6.02. The highest BCUT2D eigenvalue weighted by Gasteiger charge is 2.23. The van der Waals surface area contributed by atoms with Gasteiger partial charge in [0.25, 0.3) is 0 Å². The fourth-order valence-corrected chi connectivity index (χ4v) is 11.3. The molecule has 0 saturated heterocycles. The third-order valence-electron chi connectivity index (χ3n) is 6.09. The van der Waals surface area contributed by atoms with Crippen LogP contribution in [0.15, 0.2) is 0 Å². The zero-order valence-electron chi connectivity index (χ0n) is 16.1. The fraction of sp³-hybridized carbons (Fsp3) is 1.00. The summed E-state index contributed by atoms with van der Waals surface area (Å²) in [6.07, 6.45) is 17.8. The van der Waals surface area contributed by atoms with Crippen LogP contribution < -0.4 is 0 Å². The van der Waals surface area contributed by atoms with Gasteiger partial charge in [-0.1, -0.05) is 52.4 Å². The van der Waals surface area contributed by atoms with Crippen molar-refractivity contribution in [2.75, 3.05) is 13.1 Å². The van der Waals surface area contributed by atoms with Crippen LogP contribution in [0, 0.1) is 0 Å². The summed E-state index contributed by atoms with van der Waals surface area (Å²) in [5.74, 6) is 0. The van der Waals surface area contributed by atoms with E-state index in [1.54, 1.807) is 5.67 Å². The van der Waals surface area contributed by atoms with Crippen molar-refractivity contribution >= 4 is 19.4 Å². The van der Waals surface area contributed by atoms with Gasteiger partial charge in [0, 0.05) is 12.1 Å². The molecule has 0 amide bonds. The van der Waals surface area contributed by atoms with Gasteiger partial charge in [-0.2, -0.15) is 0 Å². The Labute approximate surface area is 150 Å². The van der Waals surface area contributed by atoms with Gasteiger partial charge in [0.15, 0.2) is 0 Å². The smallest absolute Gasteiger partial charge is 0.0935 e. The molecule has 4 heteroatoms. The van der Waals surface area contributed by atoms with Crippen molar-refractivity contribution in [1.29, 1.82) is 0 Å². The van der Waals surface area contributed by atoms with E-state index in [0.29, 0.717) is 0 Å². The van der Waals surface area contributed by atoms with Crippen LogP contribution >= 0.6 is 0 Å². The van der Waals surface area contributed by atoms with E-state index in [9.17, 15) is 0 Å². The average Bonchev–Trinajstić information content (AvgIpc) is 2.61. The summed E-state index contributed by atoms with van der Waals surface area (Å²) in [5, 5.41) is 0. The molecule has 0 N–H and O–H groups in total. The lowest BCUT2D eigenvalue weighted by Gasteiger charge is -2.37. The molecule has 2 rings (SSSR count). The van der Waals surface area contributed by atoms with Gasteiger partial charge in [-0.05, 0) is 57.3 Å². The van der Waals surface area contributed by atoms with Crippen LogP contribution in [0.1, 0.15) is 90.9 Å². The molecular formula is C19H42N2Si2. The number of hydrogen-bond donors (Lipinski definition) is 0. The first-order valence-corrected chi connectivity index (χ1v) is 14.1. The summed E-state index contributed by atoms with van der Waals surface area (Å²) in [7, 11) is 0.0550.